The fraction of sp³-hybridized carbons (Fsp3) is 0.267. The van der Waals surface area contributed by atoms with E-state index >= 15 is 0 Å². The van der Waals surface area contributed by atoms with Gasteiger partial charge in [-0.15, -0.1) is 0 Å². The molecule has 0 saturated heterocycles. The molecule has 1 aromatic carbocycles. The number of hydrogen-bond acceptors (Lipinski definition) is 3. The fourth-order valence-corrected chi connectivity index (χ4v) is 1.99. The maximum atomic E-state index is 5.64. The molecule has 18 heavy (non-hydrogen) atoms. The lowest BCUT2D eigenvalue weighted by Crippen LogP contribution is -1.97. The maximum Gasteiger partial charge on any atom is 0.138 e. The Hall–Kier alpha value is -1.87. The topological polar surface area (TPSA) is 48.1 Å². The van der Waals surface area contributed by atoms with Crippen molar-refractivity contribution in [3.63, 3.8) is 0 Å². The molecule has 2 rings (SSSR count). The Bertz CT molecular complexity index is 538. The van der Waals surface area contributed by atoms with Crippen LogP contribution in [0, 0.1) is 6.92 Å². The molecule has 2 aromatic rings. The van der Waals surface area contributed by atoms with Gasteiger partial charge in [-0.2, -0.15) is 0 Å². The van der Waals surface area contributed by atoms with Gasteiger partial charge in [-0.05, 0) is 36.6 Å². The lowest BCUT2D eigenvalue weighted by Gasteiger charge is -2.09. The maximum absolute atomic E-state index is 5.64. The van der Waals surface area contributed by atoms with Crippen LogP contribution < -0.4 is 10.5 Å². The van der Waals surface area contributed by atoms with Crippen molar-refractivity contribution in [3.05, 3.63) is 47.8 Å². The number of pyridine rings is 1. The fourth-order valence-electron chi connectivity index (χ4n) is 1.99. The van der Waals surface area contributed by atoms with Gasteiger partial charge in [0.25, 0.3) is 0 Å². The van der Waals surface area contributed by atoms with Crippen LogP contribution >= 0.6 is 0 Å². The van der Waals surface area contributed by atoms with Crippen molar-refractivity contribution in [3.8, 4) is 16.9 Å². The summed E-state index contributed by atoms with van der Waals surface area (Å²) in [6, 6.07) is 8.27. The van der Waals surface area contributed by atoms with E-state index in [1.807, 2.05) is 19.2 Å². The van der Waals surface area contributed by atoms with Crippen molar-refractivity contribution >= 4 is 0 Å². The second-order valence-corrected chi connectivity index (χ2v) is 4.20. The molecule has 94 valence electrons. The summed E-state index contributed by atoms with van der Waals surface area (Å²) in [5, 5.41) is 0. The standard InChI is InChI=1S/C15H18N2O/c1-3-18-14-7-13(9-17-10-14)15-5-4-12(8-16)6-11(15)2/h4-7,9-10H,3,8,16H2,1-2H3. The minimum atomic E-state index is 0.568. The van der Waals surface area contributed by atoms with Gasteiger partial charge in [0.2, 0.25) is 0 Å². The summed E-state index contributed by atoms with van der Waals surface area (Å²) in [6.45, 7) is 5.27. The minimum Gasteiger partial charge on any atom is -0.492 e. The van der Waals surface area contributed by atoms with Crippen molar-refractivity contribution < 1.29 is 4.74 Å². The first-order valence-corrected chi connectivity index (χ1v) is 6.12. The zero-order chi connectivity index (χ0) is 13.0. The first-order chi connectivity index (χ1) is 8.74. The molecule has 0 fully saturated rings. The van der Waals surface area contributed by atoms with Crippen LogP contribution in [0.4, 0.5) is 0 Å². The van der Waals surface area contributed by atoms with Crippen LogP contribution in [0.1, 0.15) is 18.1 Å². The second-order valence-electron chi connectivity index (χ2n) is 4.20. The smallest absolute Gasteiger partial charge is 0.138 e. The summed E-state index contributed by atoms with van der Waals surface area (Å²) in [5.41, 5.74) is 10.2. The third-order valence-corrected chi connectivity index (χ3v) is 2.86. The van der Waals surface area contributed by atoms with Crippen LogP contribution in [0.25, 0.3) is 11.1 Å². The Balaban J connectivity index is 2.38. The lowest BCUT2D eigenvalue weighted by atomic mass is 9.99. The van der Waals surface area contributed by atoms with Crippen LogP contribution in [0.5, 0.6) is 5.75 Å². The number of aromatic nitrogens is 1. The molecule has 0 spiro atoms. The zero-order valence-corrected chi connectivity index (χ0v) is 10.8. The van der Waals surface area contributed by atoms with Crippen molar-refractivity contribution in [2.75, 3.05) is 6.61 Å². The van der Waals surface area contributed by atoms with Gasteiger partial charge in [-0.25, -0.2) is 0 Å². The largest absolute Gasteiger partial charge is 0.492 e. The third-order valence-electron chi connectivity index (χ3n) is 2.86. The number of hydrogen-bond donors (Lipinski definition) is 1. The highest BCUT2D eigenvalue weighted by Crippen LogP contribution is 2.26. The zero-order valence-electron chi connectivity index (χ0n) is 10.8. The summed E-state index contributed by atoms with van der Waals surface area (Å²) >= 11 is 0. The monoisotopic (exact) mass is 242 g/mol. The molecule has 0 amide bonds. The highest BCUT2D eigenvalue weighted by Gasteiger charge is 2.04. The molecule has 3 nitrogen and oxygen atoms in total. The molecule has 0 radical (unpaired) electrons. The van der Waals surface area contributed by atoms with Gasteiger partial charge in [0.05, 0.1) is 12.8 Å². The molecule has 0 aliphatic heterocycles. The summed E-state index contributed by atoms with van der Waals surface area (Å²) < 4.78 is 5.47. The number of aryl methyl sites for hydroxylation is 1. The van der Waals surface area contributed by atoms with E-state index < -0.39 is 0 Å². The van der Waals surface area contributed by atoms with Crippen molar-refractivity contribution in [2.45, 2.75) is 20.4 Å². The van der Waals surface area contributed by atoms with Crippen LogP contribution in [-0.2, 0) is 6.54 Å². The molecule has 1 aromatic heterocycles. The summed E-state index contributed by atoms with van der Waals surface area (Å²) in [4.78, 5) is 4.21. The van der Waals surface area contributed by atoms with E-state index in [2.05, 4.69) is 30.1 Å². The Kier molecular flexibility index (Phi) is 3.95. The van der Waals surface area contributed by atoms with E-state index in [1.165, 1.54) is 11.1 Å². The van der Waals surface area contributed by atoms with E-state index in [9.17, 15) is 0 Å². The molecule has 0 saturated carbocycles. The molecule has 0 bridgehead atoms. The first kappa shape index (κ1) is 12.6. The SMILES string of the molecule is CCOc1cncc(-c2ccc(CN)cc2C)c1. The van der Waals surface area contributed by atoms with E-state index in [0.717, 1.165) is 16.9 Å². The Morgan fingerprint density at radius 1 is 1.22 bits per heavy atom. The third kappa shape index (κ3) is 2.68. The highest BCUT2D eigenvalue weighted by molar-refractivity contribution is 5.67. The average Bonchev–Trinajstić information content (AvgIpc) is 2.39. The van der Waals surface area contributed by atoms with Gasteiger partial charge in [0.15, 0.2) is 0 Å². The molecule has 0 unspecified atom stereocenters. The van der Waals surface area contributed by atoms with Gasteiger partial charge in [-0.1, -0.05) is 18.2 Å². The summed E-state index contributed by atoms with van der Waals surface area (Å²) in [6.07, 6.45) is 3.59. The molecule has 0 atom stereocenters. The van der Waals surface area contributed by atoms with Gasteiger partial charge >= 0.3 is 0 Å². The van der Waals surface area contributed by atoms with Gasteiger partial charge < -0.3 is 10.5 Å². The van der Waals surface area contributed by atoms with E-state index in [-0.39, 0.29) is 0 Å². The number of rotatable bonds is 4. The average molecular weight is 242 g/mol. The van der Waals surface area contributed by atoms with Gasteiger partial charge in [-0.3, -0.25) is 4.98 Å². The number of benzene rings is 1. The first-order valence-electron chi connectivity index (χ1n) is 6.12. The number of nitrogens with zero attached hydrogens (tertiary/aromatic N) is 1. The highest BCUT2D eigenvalue weighted by atomic mass is 16.5. The number of ether oxygens (including phenoxy) is 1. The second kappa shape index (κ2) is 5.65. The summed E-state index contributed by atoms with van der Waals surface area (Å²) in [5.74, 6) is 0.803. The van der Waals surface area contributed by atoms with E-state index in [1.54, 1.807) is 6.20 Å². The summed E-state index contributed by atoms with van der Waals surface area (Å²) in [7, 11) is 0. The Morgan fingerprint density at radius 3 is 2.72 bits per heavy atom. The Labute approximate surface area is 108 Å². The Morgan fingerprint density at radius 2 is 2.06 bits per heavy atom. The molecule has 0 aliphatic rings. The van der Waals surface area contributed by atoms with Crippen molar-refractivity contribution in [1.29, 1.82) is 0 Å². The number of nitrogens with two attached hydrogens (primary N) is 1. The van der Waals surface area contributed by atoms with Crippen LogP contribution in [0.2, 0.25) is 0 Å². The molecule has 3 heteroatoms. The predicted octanol–water partition coefficient (Wildman–Crippen LogP) is 2.91. The lowest BCUT2D eigenvalue weighted by molar-refractivity contribution is 0.339. The van der Waals surface area contributed by atoms with Crippen LogP contribution in [0.3, 0.4) is 0 Å². The quantitative estimate of drug-likeness (QED) is 0.896. The molecule has 0 aliphatic carbocycles. The molecular weight excluding hydrogens is 224 g/mol. The molecule has 2 N–H and O–H groups in total. The normalized spacial score (nSPS) is 10.4. The van der Waals surface area contributed by atoms with Gasteiger partial charge in [0.1, 0.15) is 5.75 Å². The predicted molar refractivity (Wildman–Crippen MR) is 73.5 cm³/mol. The van der Waals surface area contributed by atoms with E-state index in [0.29, 0.717) is 13.2 Å². The van der Waals surface area contributed by atoms with Crippen molar-refractivity contribution in [1.82, 2.24) is 4.98 Å². The minimum absolute atomic E-state index is 0.568. The van der Waals surface area contributed by atoms with Crippen LogP contribution in [-0.4, -0.2) is 11.6 Å². The van der Waals surface area contributed by atoms with Crippen LogP contribution in [0.15, 0.2) is 36.7 Å². The molecular formula is C15H18N2O. The van der Waals surface area contributed by atoms with E-state index in [4.69, 9.17) is 10.5 Å². The van der Waals surface area contributed by atoms with Crippen molar-refractivity contribution in [2.24, 2.45) is 5.73 Å². The van der Waals surface area contributed by atoms with Gasteiger partial charge in [0, 0.05) is 18.3 Å². The molecule has 1 heterocycles.